The zero-order valence-corrected chi connectivity index (χ0v) is 10.4. The average molecular weight is 253 g/mol. The summed E-state index contributed by atoms with van der Waals surface area (Å²) in [5.41, 5.74) is 6.69. The first-order valence-electron chi connectivity index (χ1n) is 5.94. The normalized spacial score (nSPS) is 10.8. The van der Waals surface area contributed by atoms with Crippen LogP contribution in [0.1, 0.15) is 5.69 Å². The van der Waals surface area contributed by atoms with Crippen LogP contribution in [-0.4, -0.2) is 9.97 Å². The Bertz CT molecular complexity index is 740. The van der Waals surface area contributed by atoms with Gasteiger partial charge in [0.25, 0.3) is 0 Å². The van der Waals surface area contributed by atoms with E-state index in [1.165, 1.54) is 0 Å². The number of nitrogen functional groups attached to an aromatic ring is 1. The van der Waals surface area contributed by atoms with Crippen LogP contribution in [0, 0.1) is 12.7 Å². The molecule has 0 aliphatic heterocycles. The van der Waals surface area contributed by atoms with Crippen LogP contribution >= 0.6 is 0 Å². The van der Waals surface area contributed by atoms with Gasteiger partial charge in [-0.25, -0.2) is 14.4 Å². The molecule has 0 atom stereocenters. The van der Waals surface area contributed by atoms with Crippen molar-refractivity contribution in [2.75, 3.05) is 5.73 Å². The predicted molar refractivity (Wildman–Crippen MR) is 74.1 cm³/mol. The minimum Gasteiger partial charge on any atom is -0.381 e. The fourth-order valence-corrected chi connectivity index (χ4v) is 2.12. The van der Waals surface area contributed by atoms with Crippen molar-refractivity contribution >= 4 is 16.6 Å². The number of halogens is 1. The Hall–Kier alpha value is -2.49. The molecule has 0 saturated heterocycles. The summed E-state index contributed by atoms with van der Waals surface area (Å²) in [4.78, 5) is 8.23. The lowest BCUT2D eigenvalue weighted by molar-refractivity contribution is 0.608. The van der Waals surface area contributed by atoms with Crippen LogP contribution in [0.25, 0.3) is 22.2 Å². The molecule has 0 radical (unpaired) electrons. The molecule has 3 nitrogen and oxygen atoms in total. The summed E-state index contributed by atoms with van der Waals surface area (Å²) >= 11 is 0. The first kappa shape index (κ1) is 11.6. The Kier molecular flexibility index (Phi) is 2.63. The van der Waals surface area contributed by atoms with E-state index in [4.69, 9.17) is 5.73 Å². The van der Waals surface area contributed by atoms with Gasteiger partial charge in [0.1, 0.15) is 0 Å². The van der Waals surface area contributed by atoms with E-state index in [1.807, 2.05) is 42.5 Å². The molecule has 0 spiro atoms. The van der Waals surface area contributed by atoms with Crippen LogP contribution in [0.2, 0.25) is 0 Å². The smallest absolute Gasteiger partial charge is 0.186 e. The number of hydrogen-bond donors (Lipinski definition) is 1. The van der Waals surface area contributed by atoms with Crippen molar-refractivity contribution in [2.24, 2.45) is 0 Å². The van der Waals surface area contributed by atoms with Crippen LogP contribution in [0.5, 0.6) is 0 Å². The van der Waals surface area contributed by atoms with Crippen LogP contribution in [-0.2, 0) is 0 Å². The number of rotatable bonds is 1. The zero-order chi connectivity index (χ0) is 13.4. The molecule has 0 aliphatic rings. The van der Waals surface area contributed by atoms with Gasteiger partial charge in [0.05, 0.1) is 5.69 Å². The summed E-state index contributed by atoms with van der Waals surface area (Å²) in [5, 5.41) is 2.11. The summed E-state index contributed by atoms with van der Waals surface area (Å²) in [6.45, 7) is 1.59. The molecule has 0 bridgehead atoms. The van der Waals surface area contributed by atoms with Gasteiger partial charge >= 0.3 is 0 Å². The summed E-state index contributed by atoms with van der Waals surface area (Å²) < 4.78 is 13.5. The highest BCUT2D eigenvalue weighted by atomic mass is 19.1. The van der Waals surface area contributed by atoms with E-state index in [9.17, 15) is 4.39 Å². The highest BCUT2D eigenvalue weighted by molar-refractivity contribution is 5.95. The van der Waals surface area contributed by atoms with Gasteiger partial charge in [-0.3, -0.25) is 0 Å². The van der Waals surface area contributed by atoms with Crippen molar-refractivity contribution in [3.05, 3.63) is 54.0 Å². The quantitative estimate of drug-likeness (QED) is 0.723. The standard InChI is InChI=1S/C15H12FN3/c1-9-13(16)14(17)19-15(18-9)12-8-4-6-10-5-2-3-7-11(10)12/h2-8H,1H3,(H2,17,18,19). The second-order valence-corrected chi connectivity index (χ2v) is 4.36. The number of fused-ring (bicyclic) bond motifs is 1. The van der Waals surface area contributed by atoms with Gasteiger partial charge in [-0.2, -0.15) is 0 Å². The second-order valence-electron chi connectivity index (χ2n) is 4.36. The van der Waals surface area contributed by atoms with Gasteiger partial charge in [0, 0.05) is 5.56 Å². The molecule has 0 aliphatic carbocycles. The molecule has 3 aromatic rings. The van der Waals surface area contributed by atoms with Crippen LogP contribution in [0.3, 0.4) is 0 Å². The third-order valence-electron chi connectivity index (χ3n) is 3.07. The van der Waals surface area contributed by atoms with Gasteiger partial charge < -0.3 is 5.73 Å². The van der Waals surface area contributed by atoms with Gasteiger partial charge in [-0.1, -0.05) is 42.5 Å². The molecule has 3 rings (SSSR count). The molecule has 4 heteroatoms. The topological polar surface area (TPSA) is 51.8 Å². The number of aryl methyl sites for hydroxylation is 1. The first-order chi connectivity index (χ1) is 9.16. The lowest BCUT2D eigenvalue weighted by Crippen LogP contribution is -2.03. The van der Waals surface area contributed by atoms with Gasteiger partial charge in [0.15, 0.2) is 17.5 Å². The molecule has 94 valence electrons. The summed E-state index contributed by atoms with van der Waals surface area (Å²) in [6.07, 6.45) is 0. The summed E-state index contributed by atoms with van der Waals surface area (Å²) in [7, 11) is 0. The van der Waals surface area contributed by atoms with E-state index >= 15 is 0 Å². The highest BCUT2D eigenvalue weighted by Crippen LogP contribution is 2.27. The van der Waals surface area contributed by atoms with E-state index in [0.29, 0.717) is 5.82 Å². The van der Waals surface area contributed by atoms with Crippen LogP contribution < -0.4 is 5.73 Å². The molecular formula is C15H12FN3. The van der Waals surface area contributed by atoms with E-state index in [-0.39, 0.29) is 11.5 Å². The van der Waals surface area contributed by atoms with Crippen molar-refractivity contribution < 1.29 is 4.39 Å². The molecule has 2 N–H and O–H groups in total. The Morgan fingerprint density at radius 3 is 2.53 bits per heavy atom. The monoisotopic (exact) mass is 253 g/mol. The molecular weight excluding hydrogens is 241 g/mol. The van der Waals surface area contributed by atoms with Gasteiger partial charge in [0.2, 0.25) is 0 Å². The lowest BCUT2D eigenvalue weighted by atomic mass is 10.0. The molecule has 0 amide bonds. The predicted octanol–water partition coefficient (Wildman–Crippen LogP) is 3.33. The fourth-order valence-electron chi connectivity index (χ4n) is 2.12. The summed E-state index contributed by atoms with van der Waals surface area (Å²) in [5.74, 6) is -0.215. The van der Waals surface area contributed by atoms with E-state index in [2.05, 4.69) is 9.97 Å². The number of nitrogens with two attached hydrogens (primary N) is 1. The third kappa shape index (κ3) is 1.91. The average Bonchev–Trinajstić information content (AvgIpc) is 2.43. The van der Waals surface area contributed by atoms with Crippen molar-refractivity contribution in [2.45, 2.75) is 6.92 Å². The maximum Gasteiger partial charge on any atom is 0.186 e. The SMILES string of the molecule is Cc1nc(-c2cccc3ccccc23)nc(N)c1F. The van der Waals surface area contributed by atoms with E-state index in [0.717, 1.165) is 16.3 Å². The third-order valence-corrected chi connectivity index (χ3v) is 3.07. The van der Waals surface area contributed by atoms with E-state index < -0.39 is 5.82 Å². The minimum atomic E-state index is -0.552. The van der Waals surface area contributed by atoms with Crippen LogP contribution in [0.4, 0.5) is 10.2 Å². The van der Waals surface area contributed by atoms with Crippen molar-refractivity contribution in [3.63, 3.8) is 0 Å². The van der Waals surface area contributed by atoms with Crippen molar-refractivity contribution in [1.29, 1.82) is 0 Å². The Morgan fingerprint density at radius 1 is 1.00 bits per heavy atom. The van der Waals surface area contributed by atoms with Gasteiger partial charge in [-0.05, 0) is 17.7 Å². The summed E-state index contributed by atoms with van der Waals surface area (Å²) in [6, 6.07) is 13.8. The van der Waals surface area contributed by atoms with Crippen molar-refractivity contribution in [3.8, 4) is 11.4 Å². The maximum atomic E-state index is 13.5. The molecule has 19 heavy (non-hydrogen) atoms. The Balaban J connectivity index is 2.31. The number of anilines is 1. The number of benzene rings is 2. The fraction of sp³-hybridized carbons (Fsp3) is 0.0667. The largest absolute Gasteiger partial charge is 0.381 e. The maximum absolute atomic E-state index is 13.5. The Labute approximate surface area is 109 Å². The number of hydrogen-bond acceptors (Lipinski definition) is 3. The van der Waals surface area contributed by atoms with Crippen molar-refractivity contribution in [1.82, 2.24) is 9.97 Å². The molecule has 2 aromatic carbocycles. The zero-order valence-electron chi connectivity index (χ0n) is 10.4. The molecule has 0 unspecified atom stereocenters. The van der Waals surface area contributed by atoms with E-state index in [1.54, 1.807) is 6.92 Å². The number of nitrogens with zero attached hydrogens (tertiary/aromatic N) is 2. The highest BCUT2D eigenvalue weighted by Gasteiger charge is 2.11. The molecule has 1 aromatic heterocycles. The first-order valence-corrected chi connectivity index (χ1v) is 5.94. The minimum absolute atomic E-state index is 0.115. The van der Waals surface area contributed by atoms with Crippen LogP contribution in [0.15, 0.2) is 42.5 Å². The van der Waals surface area contributed by atoms with Gasteiger partial charge in [-0.15, -0.1) is 0 Å². The molecule has 0 saturated carbocycles. The molecule has 1 heterocycles. The Morgan fingerprint density at radius 2 is 1.74 bits per heavy atom. The second kappa shape index (κ2) is 4.31. The number of aromatic nitrogens is 2. The lowest BCUT2D eigenvalue weighted by Gasteiger charge is -2.07. The molecule has 0 fully saturated rings.